The number of hydrogen-bond donors (Lipinski definition) is 3. The number of hydrogen-bond acceptors (Lipinski definition) is 8. The van der Waals surface area contributed by atoms with Crippen LogP contribution in [-0.2, 0) is 9.59 Å². The topological polar surface area (TPSA) is 144 Å². The highest BCUT2D eigenvalue weighted by Crippen LogP contribution is 2.28. The lowest BCUT2D eigenvalue weighted by Gasteiger charge is -2.23. The zero-order valence-electron chi connectivity index (χ0n) is 23.3. The van der Waals surface area contributed by atoms with E-state index < -0.39 is 17.8 Å². The Labute approximate surface area is 243 Å². The quantitative estimate of drug-likeness (QED) is 0.115. The Morgan fingerprint density at radius 1 is 0.833 bits per heavy atom. The van der Waals surface area contributed by atoms with Crippen LogP contribution in [0.3, 0.4) is 0 Å². The molecule has 218 valence electrons. The molecule has 0 unspecified atom stereocenters. The molecule has 3 amide bonds. The van der Waals surface area contributed by atoms with Gasteiger partial charge in [-0.2, -0.15) is 5.10 Å². The molecule has 3 aromatic rings. The van der Waals surface area contributed by atoms with E-state index >= 15 is 0 Å². The highest BCUT2D eigenvalue weighted by Gasteiger charge is 2.21. The number of ether oxygens (including phenoxy) is 3. The van der Waals surface area contributed by atoms with Crippen molar-refractivity contribution in [1.29, 1.82) is 0 Å². The van der Waals surface area contributed by atoms with Crippen LogP contribution in [-0.4, -0.2) is 50.2 Å². The van der Waals surface area contributed by atoms with Crippen molar-refractivity contribution in [3.63, 3.8) is 0 Å². The maximum absolute atomic E-state index is 12.8. The third-order valence-electron chi connectivity index (χ3n) is 6.66. The van der Waals surface area contributed by atoms with E-state index in [9.17, 15) is 19.2 Å². The second-order valence-corrected chi connectivity index (χ2v) is 9.54. The average molecular weight is 573 g/mol. The van der Waals surface area contributed by atoms with Crippen LogP contribution in [0.5, 0.6) is 17.2 Å². The number of anilines is 1. The molecule has 1 aliphatic carbocycles. The normalized spacial score (nSPS) is 13.2. The highest BCUT2D eigenvalue weighted by molar-refractivity contribution is 6.40. The standard InChI is InChI=1S/C31H32N4O7/c1-40-23-15-13-21(14-16-23)31(39)42-26-17-12-20(18-27(26)41-2)19-32-35-30(38)29(37)34-25-11-7-6-10-24(25)28(36)33-22-8-4-3-5-9-22/h6-7,10-19,22H,3-5,8-9H2,1-2H3,(H,33,36)(H,34,37)(H,35,38)/b32-19+. The minimum Gasteiger partial charge on any atom is -0.497 e. The van der Waals surface area contributed by atoms with Crippen molar-refractivity contribution in [1.82, 2.24) is 10.7 Å². The molecular formula is C31H32N4O7. The Hall–Kier alpha value is -5.19. The van der Waals surface area contributed by atoms with Gasteiger partial charge in [-0.1, -0.05) is 31.4 Å². The molecule has 0 aliphatic heterocycles. The van der Waals surface area contributed by atoms with Gasteiger partial charge in [0, 0.05) is 6.04 Å². The third kappa shape index (κ3) is 7.94. The van der Waals surface area contributed by atoms with E-state index in [4.69, 9.17) is 14.2 Å². The maximum Gasteiger partial charge on any atom is 0.343 e. The van der Waals surface area contributed by atoms with Gasteiger partial charge in [-0.3, -0.25) is 14.4 Å². The fourth-order valence-electron chi connectivity index (χ4n) is 4.43. The molecule has 0 saturated heterocycles. The molecule has 0 bridgehead atoms. The van der Waals surface area contributed by atoms with Gasteiger partial charge in [0.05, 0.1) is 37.2 Å². The molecule has 0 aromatic heterocycles. The number of methoxy groups -OCH3 is 2. The van der Waals surface area contributed by atoms with Crippen molar-refractivity contribution in [3.05, 3.63) is 83.4 Å². The summed E-state index contributed by atoms with van der Waals surface area (Å²) in [5.41, 5.74) is 3.49. The molecule has 42 heavy (non-hydrogen) atoms. The first kappa shape index (κ1) is 29.8. The predicted molar refractivity (Wildman–Crippen MR) is 156 cm³/mol. The minimum atomic E-state index is -1.02. The second-order valence-electron chi connectivity index (χ2n) is 9.54. The molecule has 0 heterocycles. The highest BCUT2D eigenvalue weighted by atomic mass is 16.6. The van der Waals surface area contributed by atoms with E-state index in [1.54, 1.807) is 60.7 Å². The molecule has 11 nitrogen and oxygen atoms in total. The van der Waals surface area contributed by atoms with E-state index in [0.717, 1.165) is 32.1 Å². The first-order valence-electron chi connectivity index (χ1n) is 13.5. The molecule has 3 N–H and O–H groups in total. The van der Waals surface area contributed by atoms with Gasteiger partial charge in [0.25, 0.3) is 5.91 Å². The van der Waals surface area contributed by atoms with Crippen LogP contribution in [0.2, 0.25) is 0 Å². The smallest absolute Gasteiger partial charge is 0.343 e. The third-order valence-corrected chi connectivity index (χ3v) is 6.66. The second kappa shape index (κ2) is 14.4. The van der Waals surface area contributed by atoms with Crippen LogP contribution in [0, 0.1) is 0 Å². The number of carbonyl (C=O) groups excluding carboxylic acids is 4. The molecule has 4 rings (SSSR count). The Bertz CT molecular complexity index is 1460. The maximum atomic E-state index is 12.8. The molecule has 0 spiro atoms. The van der Waals surface area contributed by atoms with Gasteiger partial charge in [-0.15, -0.1) is 0 Å². The SMILES string of the molecule is COc1ccc(C(=O)Oc2ccc(/C=N/NC(=O)C(=O)Nc3ccccc3C(=O)NC3CCCCC3)cc2OC)cc1. The number of hydrazone groups is 1. The van der Waals surface area contributed by atoms with Crippen LogP contribution < -0.4 is 30.3 Å². The Balaban J connectivity index is 1.33. The predicted octanol–water partition coefficient (Wildman–Crippen LogP) is 4.07. The number of carbonyl (C=O) groups is 4. The number of benzene rings is 3. The molecule has 0 radical (unpaired) electrons. The molecule has 11 heteroatoms. The number of nitrogens with zero attached hydrogens (tertiary/aromatic N) is 1. The van der Waals surface area contributed by atoms with Gasteiger partial charge in [0.1, 0.15) is 5.75 Å². The lowest BCUT2D eigenvalue weighted by molar-refractivity contribution is -0.136. The summed E-state index contributed by atoms with van der Waals surface area (Å²) >= 11 is 0. The molecule has 0 atom stereocenters. The summed E-state index contributed by atoms with van der Waals surface area (Å²) < 4.78 is 15.9. The lowest BCUT2D eigenvalue weighted by Crippen LogP contribution is -2.37. The largest absolute Gasteiger partial charge is 0.497 e. The Morgan fingerprint density at radius 3 is 2.29 bits per heavy atom. The Morgan fingerprint density at radius 2 is 1.57 bits per heavy atom. The molecule has 1 fully saturated rings. The average Bonchev–Trinajstić information content (AvgIpc) is 3.02. The summed E-state index contributed by atoms with van der Waals surface area (Å²) in [5, 5.41) is 9.32. The van der Waals surface area contributed by atoms with Gasteiger partial charge in [0.2, 0.25) is 0 Å². The van der Waals surface area contributed by atoms with Crippen LogP contribution in [0.15, 0.2) is 71.8 Å². The van der Waals surface area contributed by atoms with Crippen molar-refractivity contribution in [3.8, 4) is 17.2 Å². The fraction of sp³-hybridized carbons (Fsp3) is 0.258. The summed E-state index contributed by atoms with van der Waals surface area (Å²) in [7, 11) is 2.95. The summed E-state index contributed by atoms with van der Waals surface area (Å²) in [6.07, 6.45) is 6.44. The summed E-state index contributed by atoms with van der Waals surface area (Å²) in [5.74, 6) is -1.83. The van der Waals surface area contributed by atoms with Gasteiger partial charge >= 0.3 is 17.8 Å². The van der Waals surface area contributed by atoms with Crippen molar-refractivity contribution >= 4 is 35.6 Å². The van der Waals surface area contributed by atoms with E-state index in [1.165, 1.54) is 26.5 Å². The van der Waals surface area contributed by atoms with E-state index in [2.05, 4.69) is 21.2 Å². The summed E-state index contributed by atoms with van der Waals surface area (Å²) in [6, 6.07) is 17.7. The van der Waals surface area contributed by atoms with Crippen LogP contribution in [0.4, 0.5) is 5.69 Å². The van der Waals surface area contributed by atoms with Crippen molar-refractivity contribution in [2.75, 3.05) is 19.5 Å². The summed E-state index contributed by atoms with van der Waals surface area (Å²) in [6.45, 7) is 0. The van der Waals surface area contributed by atoms with E-state index in [0.29, 0.717) is 16.9 Å². The number of nitrogens with one attached hydrogen (secondary N) is 3. The van der Waals surface area contributed by atoms with Crippen molar-refractivity contribution in [2.24, 2.45) is 5.10 Å². The van der Waals surface area contributed by atoms with Gasteiger partial charge < -0.3 is 24.8 Å². The van der Waals surface area contributed by atoms with Gasteiger partial charge in [-0.05, 0) is 73.0 Å². The Kier molecular flexibility index (Phi) is 10.2. The molecular weight excluding hydrogens is 540 g/mol. The van der Waals surface area contributed by atoms with Crippen LogP contribution in [0.1, 0.15) is 58.4 Å². The molecule has 3 aromatic carbocycles. The number of rotatable bonds is 9. The van der Waals surface area contributed by atoms with Gasteiger partial charge in [-0.25, -0.2) is 10.2 Å². The fourth-order valence-corrected chi connectivity index (χ4v) is 4.43. The van der Waals surface area contributed by atoms with Crippen molar-refractivity contribution in [2.45, 2.75) is 38.1 Å². The minimum absolute atomic E-state index is 0.0980. The van der Waals surface area contributed by atoms with Crippen LogP contribution >= 0.6 is 0 Å². The van der Waals surface area contributed by atoms with E-state index in [-0.39, 0.29) is 34.7 Å². The van der Waals surface area contributed by atoms with Crippen LogP contribution in [0.25, 0.3) is 0 Å². The zero-order chi connectivity index (χ0) is 29.9. The first-order chi connectivity index (χ1) is 20.4. The zero-order valence-corrected chi connectivity index (χ0v) is 23.3. The number of amides is 3. The van der Waals surface area contributed by atoms with Crippen molar-refractivity contribution < 1.29 is 33.4 Å². The first-order valence-corrected chi connectivity index (χ1v) is 13.5. The van der Waals surface area contributed by atoms with Gasteiger partial charge in [0.15, 0.2) is 11.5 Å². The monoisotopic (exact) mass is 572 g/mol. The summed E-state index contributed by atoms with van der Waals surface area (Å²) in [4.78, 5) is 50.2. The van der Waals surface area contributed by atoms with E-state index in [1.807, 2.05) is 0 Å². The molecule has 1 aliphatic rings. The number of para-hydroxylation sites is 1. The number of esters is 1. The lowest BCUT2D eigenvalue weighted by atomic mass is 9.95. The molecule has 1 saturated carbocycles.